The molecule has 1 heterocycles. The van der Waals surface area contributed by atoms with Crippen molar-refractivity contribution < 1.29 is 23.9 Å². The van der Waals surface area contributed by atoms with Crippen molar-refractivity contribution in [3.63, 3.8) is 0 Å². The van der Waals surface area contributed by atoms with Crippen LogP contribution in [0, 0.1) is 5.92 Å². The van der Waals surface area contributed by atoms with Gasteiger partial charge in [0.2, 0.25) is 5.91 Å². The second-order valence-electron chi connectivity index (χ2n) is 7.00. The number of carbonyl (C=O) groups is 4. The first-order chi connectivity index (χ1) is 14.9. The van der Waals surface area contributed by atoms with Crippen LogP contribution in [0.25, 0.3) is 0 Å². The Morgan fingerprint density at radius 1 is 1.10 bits per heavy atom. The van der Waals surface area contributed by atoms with Crippen molar-refractivity contribution in [2.24, 2.45) is 5.92 Å². The number of amides is 3. The van der Waals surface area contributed by atoms with E-state index in [1.807, 2.05) is 31.2 Å². The minimum Gasteiger partial charge on any atom is -0.455 e. The third-order valence-corrected chi connectivity index (χ3v) is 5.42. The summed E-state index contributed by atoms with van der Waals surface area (Å²) in [5.41, 5.74) is 6.62. The predicted molar refractivity (Wildman–Crippen MR) is 117 cm³/mol. The number of para-hydroxylation sites is 1. The molecule has 2 N–H and O–H groups in total. The normalized spacial score (nSPS) is 15.5. The summed E-state index contributed by atoms with van der Waals surface area (Å²) in [5.74, 6) is -2.62. The smallest absolute Gasteiger partial charge is 0.311 e. The highest BCUT2D eigenvalue weighted by atomic mass is 79.9. The Morgan fingerprint density at radius 3 is 2.52 bits per heavy atom. The van der Waals surface area contributed by atoms with Crippen LogP contribution in [0.4, 0.5) is 5.69 Å². The first kappa shape index (κ1) is 22.5. The topological polar surface area (TPSA) is 105 Å². The molecule has 3 amide bonds. The highest BCUT2D eigenvalue weighted by Gasteiger charge is 2.37. The molecule has 1 aliphatic heterocycles. The molecule has 0 spiro atoms. The molecule has 0 unspecified atom stereocenters. The molecule has 162 valence electrons. The molecule has 9 heteroatoms. The zero-order valence-corrected chi connectivity index (χ0v) is 18.5. The Labute approximate surface area is 188 Å². The van der Waals surface area contributed by atoms with E-state index < -0.39 is 30.3 Å². The van der Waals surface area contributed by atoms with Crippen LogP contribution in [0.2, 0.25) is 0 Å². The zero-order valence-electron chi connectivity index (χ0n) is 16.9. The maximum Gasteiger partial charge on any atom is 0.311 e. The van der Waals surface area contributed by atoms with Gasteiger partial charge in [-0.2, -0.15) is 0 Å². The average Bonchev–Trinajstić information content (AvgIpc) is 3.17. The van der Waals surface area contributed by atoms with Crippen molar-refractivity contribution >= 4 is 45.3 Å². The molecular formula is C22H22BrN3O5. The SMILES string of the molecule is CCc1ccccc1N1C[C@@H](C(=O)OCC(=O)NNC(=O)c2ccc(Br)cc2)CC1=O. The highest BCUT2D eigenvalue weighted by molar-refractivity contribution is 9.10. The lowest BCUT2D eigenvalue weighted by atomic mass is 10.1. The molecule has 0 aromatic heterocycles. The lowest BCUT2D eigenvalue weighted by Gasteiger charge is -2.19. The maximum atomic E-state index is 12.4. The molecule has 3 rings (SSSR count). The van der Waals surface area contributed by atoms with Crippen molar-refractivity contribution in [3.05, 3.63) is 64.1 Å². The van der Waals surface area contributed by atoms with E-state index in [1.165, 1.54) is 0 Å². The lowest BCUT2D eigenvalue weighted by Crippen LogP contribution is -2.43. The number of rotatable bonds is 6. The van der Waals surface area contributed by atoms with Gasteiger partial charge in [-0.25, -0.2) is 0 Å². The van der Waals surface area contributed by atoms with Crippen molar-refractivity contribution in [2.45, 2.75) is 19.8 Å². The molecule has 2 aromatic rings. The van der Waals surface area contributed by atoms with E-state index in [9.17, 15) is 19.2 Å². The van der Waals surface area contributed by atoms with Gasteiger partial charge in [0.1, 0.15) is 0 Å². The number of nitrogens with one attached hydrogen (secondary N) is 2. The average molecular weight is 488 g/mol. The predicted octanol–water partition coefficient (Wildman–Crippen LogP) is 2.37. The number of nitrogens with zero attached hydrogens (tertiary/aromatic N) is 1. The van der Waals surface area contributed by atoms with Gasteiger partial charge in [0, 0.05) is 28.7 Å². The van der Waals surface area contributed by atoms with E-state index in [0.29, 0.717) is 5.56 Å². The van der Waals surface area contributed by atoms with Gasteiger partial charge in [-0.3, -0.25) is 30.0 Å². The van der Waals surface area contributed by atoms with Crippen molar-refractivity contribution in [1.82, 2.24) is 10.9 Å². The Kier molecular flexibility index (Phi) is 7.41. The van der Waals surface area contributed by atoms with Crippen LogP contribution in [0.1, 0.15) is 29.3 Å². The zero-order chi connectivity index (χ0) is 22.4. The molecule has 2 aromatic carbocycles. The Bertz CT molecular complexity index is 993. The van der Waals surface area contributed by atoms with Gasteiger partial charge in [0.15, 0.2) is 6.61 Å². The van der Waals surface area contributed by atoms with E-state index in [1.54, 1.807) is 29.2 Å². The number of aryl methyl sites for hydroxylation is 1. The monoisotopic (exact) mass is 487 g/mol. The van der Waals surface area contributed by atoms with Gasteiger partial charge >= 0.3 is 5.97 Å². The minimum absolute atomic E-state index is 0.0266. The minimum atomic E-state index is -0.684. The Morgan fingerprint density at radius 2 is 1.81 bits per heavy atom. The fourth-order valence-electron chi connectivity index (χ4n) is 3.26. The molecule has 8 nitrogen and oxygen atoms in total. The summed E-state index contributed by atoms with van der Waals surface area (Å²) in [6.45, 7) is 1.64. The summed E-state index contributed by atoms with van der Waals surface area (Å²) in [6.07, 6.45) is 0.792. The first-order valence-corrected chi connectivity index (χ1v) is 10.6. The second kappa shape index (κ2) is 10.2. The summed E-state index contributed by atoms with van der Waals surface area (Å²) >= 11 is 3.27. The third kappa shape index (κ3) is 5.69. The largest absolute Gasteiger partial charge is 0.455 e. The number of benzene rings is 2. The molecule has 0 radical (unpaired) electrons. The number of ether oxygens (including phenoxy) is 1. The number of hydrogen-bond acceptors (Lipinski definition) is 5. The summed E-state index contributed by atoms with van der Waals surface area (Å²) in [7, 11) is 0. The van der Waals surface area contributed by atoms with Gasteiger partial charge in [0.05, 0.1) is 5.92 Å². The molecular weight excluding hydrogens is 466 g/mol. The maximum absolute atomic E-state index is 12.4. The summed E-state index contributed by atoms with van der Waals surface area (Å²) < 4.78 is 5.86. The highest BCUT2D eigenvalue weighted by Crippen LogP contribution is 2.29. The van der Waals surface area contributed by atoms with Crippen LogP contribution in [0.3, 0.4) is 0 Å². The van der Waals surface area contributed by atoms with Crippen molar-refractivity contribution in [1.29, 1.82) is 0 Å². The van der Waals surface area contributed by atoms with Crippen LogP contribution in [0.5, 0.6) is 0 Å². The molecule has 31 heavy (non-hydrogen) atoms. The number of hydrogen-bond donors (Lipinski definition) is 2. The Hall–Kier alpha value is -3.20. The van der Waals surface area contributed by atoms with Gasteiger partial charge in [-0.15, -0.1) is 0 Å². The number of hydrazine groups is 1. The fraction of sp³-hybridized carbons (Fsp3) is 0.273. The molecule has 1 saturated heterocycles. The van der Waals surface area contributed by atoms with Crippen LogP contribution in [-0.4, -0.2) is 36.8 Å². The van der Waals surface area contributed by atoms with Crippen LogP contribution in [0.15, 0.2) is 53.0 Å². The Balaban J connectivity index is 1.47. The number of anilines is 1. The third-order valence-electron chi connectivity index (χ3n) is 4.89. The number of halogens is 1. The van der Waals surface area contributed by atoms with Gasteiger partial charge in [-0.05, 0) is 42.3 Å². The van der Waals surface area contributed by atoms with Crippen LogP contribution >= 0.6 is 15.9 Å². The standard InChI is InChI=1S/C22H22BrN3O5/c1-2-14-5-3-4-6-18(14)26-12-16(11-20(26)28)22(30)31-13-19(27)24-25-21(29)15-7-9-17(23)10-8-15/h3-10,16H,2,11-13H2,1H3,(H,24,27)(H,25,29)/t16-/m0/s1. The van der Waals surface area contributed by atoms with E-state index in [0.717, 1.165) is 22.1 Å². The van der Waals surface area contributed by atoms with Gasteiger partial charge in [-0.1, -0.05) is 41.1 Å². The molecule has 0 aliphatic carbocycles. The molecule has 0 bridgehead atoms. The van der Waals surface area contributed by atoms with Crippen LogP contribution < -0.4 is 15.8 Å². The molecule has 1 aliphatic rings. The van der Waals surface area contributed by atoms with E-state index in [-0.39, 0.29) is 18.9 Å². The van der Waals surface area contributed by atoms with E-state index >= 15 is 0 Å². The lowest BCUT2D eigenvalue weighted by molar-refractivity contribution is -0.152. The quantitative estimate of drug-likeness (QED) is 0.480. The first-order valence-electron chi connectivity index (χ1n) is 9.78. The summed E-state index contributed by atoms with van der Waals surface area (Å²) in [5, 5.41) is 0. The summed E-state index contributed by atoms with van der Waals surface area (Å²) in [4.78, 5) is 50.2. The number of esters is 1. The van der Waals surface area contributed by atoms with Crippen molar-refractivity contribution in [2.75, 3.05) is 18.1 Å². The fourth-order valence-corrected chi connectivity index (χ4v) is 3.53. The van der Waals surface area contributed by atoms with E-state index in [2.05, 4.69) is 26.8 Å². The van der Waals surface area contributed by atoms with Crippen LogP contribution in [-0.2, 0) is 25.5 Å². The summed E-state index contributed by atoms with van der Waals surface area (Å²) in [6, 6.07) is 14.1. The molecule has 0 saturated carbocycles. The second-order valence-corrected chi connectivity index (χ2v) is 7.92. The number of carbonyl (C=O) groups excluding carboxylic acids is 4. The van der Waals surface area contributed by atoms with E-state index in [4.69, 9.17) is 4.74 Å². The molecule has 1 atom stereocenters. The van der Waals surface area contributed by atoms with Gasteiger partial charge < -0.3 is 9.64 Å². The van der Waals surface area contributed by atoms with Gasteiger partial charge in [0.25, 0.3) is 11.8 Å². The van der Waals surface area contributed by atoms with Crippen molar-refractivity contribution in [3.8, 4) is 0 Å². The molecule has 1 fully saturated rings.